The number of aliphatic hydroxyl groups is 1. The first-order valence-corrected chi connectivity index (χ1v) is 6.45. The Labute approximate surface area is 111 Å². The van der Waals surface area contributed by atoms with Crippen molar-refractivity contribution in [3.05, 3.63) is 28.3 Å². The number of hydrogen-bond donors (Lipinski definition) is 1. The zero-order chi connectivity index (χ0) is 13.8. The number of nitrogens with zero attached hydrogens (tertiary/aromatic N) is 2. The van der Waals surface area contributed by atoms with Crippen LogP contribution >= 0.6 is 0 Å². The van der Waals surface area contributed by atoms with Crippen LogP contribution in [0.1, 0.15) is 19.8 Å². The van der Waals surface area contributed by atoms with Gasteiger partial charge in [0.2, 0.25) is 0 Å². The molecule has 1 aliphatic heterocycles. The Hall–Kier alpha value is -1.82. The van der Waals surface area contributed by atoms with Crippen molar-refractivity contribution in [2.24, 2.45) is 0 Å². The normalized spacial score (nSPS) is 19.3. The van der Waals surface area contributed by atoms with E-state index in [0.717, 1.165) is 25.1 Å². The van der Waals surface area contributed by atoms with Crippen LogP contribution in [0.15, 0.2) is 18.2 Å². The predicted molar refractivity (Wildman–Crippen MR) is 71.7 cm³/mol. The van der Waals surface area contributed by atoms with Gasteiger partial charge >= 0.3 is 0 Å². The Morgan fingerprint density at radius 1 is 1.53 bits per heavy atom. The molecular formula is C13H18N2O4. The summed E-state index contributed by atoms with van der Waals surface area (Å²) in [4.78, 5) is 12.5. The monoisotopic (exact) mass is 266 g/mol. The third-order valence-corrected chi connectivity index (χ3v) is 3.16. The van der Waals surface area contributed by atoms with Crippen LogP contribution in [0.5, 0.6) is 5.75 Å². The van der Waals surface area contributed by atoms with Gasteiger partial charge in [-0.15, -0.1) is 0 Å². The van der Waals surface area contributed by atoms with Gasteiger partial charge in [-0.1, -0.05) is 0 Å². The van der Waals surface area contributed by atoms with Crippen LogP contribution in [0, 0.1) is 10.1 Å². The third kappa shape index (κ3) is 3.35. The molecule has 1 aliphatic rings. The Bertz CT molecular complexity index is 464. The van der Waals surface area contributed by atoms with Gasteiger partial charge in [-0.05, 0) is 19.8 Å². The van der Waals surface area contributed by atoms with Gasteiger partial charge in [-0.2, -0.15) is 0 Å². The molecule has 0 saturated carbocycles. The molecule has 19 heavy (non-hydrogen) atoms. The summed E-state index contributed by atoms with van der Waals surface area (Å²) in [5.74, 6) is 0.492. The van der Waals surface area contributed by atoms with E-state index in [2.05, 4.69) is 0 Å². The van der Waals surface area contributed by atoms with Crippen LogP contribution in [-0.2, 0) is 0 Å². The molecule has 1 aromatic rings. The van der Waals surface area contributed by atoms with E-state index in [1.807, 2.05) is 11.8 Å². The van der Waals surface area contributed by atoms with Crippen molar-refractivity contribution < 1.29 is 14.8 Å². The summed E-state index contributed by atoms with van der Waals surface area (Å²) < 4.78 is 5.36. The molecule has 0 bridgehead atoms. The Morgan fingerprint density at radius 3 is 2.95 bits per heavy atom. The number of hydrogen-bond acceptors (Lipinski definition) is 5. The average molecular weight is 266 g/mol. The molecule has 0 unspecified atom stereocenters. The van der Waals surface area contributed by atoms with Crippen LogP contribution in [0.25, 0.3) is 0 Å². The third-order valence-electron chi connectivity index (χ3n) is 3.16. The average Bonchev–Trinajstić information content (AvgIpc) is 2.38. The van der Waals surface area contributed by atoms with E-state index in [1.54, 1.807) is 6.07 Å². The molecule has 6 heteroatoms. The van der Waals surface area contributed by atoms with E-state index < -0.39 is 4.92 Å². The summed E-state index contributed by atoms with van der Waals surface area (Å²) in [6, 6.07) is 4.74. The number of β-amino-alcohol motifs (C(OH)–C–C–N with tert-alkyl or cyclic N) is 1. The number of anilines is 1. The molecule has 0 radical (unpaired) electrons. The van der Waals surface area contributed by atoms with Crippen molar-refractivity contribution in [2.45, 2.75) is 25.9 Å². The second-order valence-electron chi connectivity index (χ2n) is 4.62. The lowest BCUT2D eigenvalue weighted by molar-refractivity contribution is -0.384. The SMILES string of the molecule is CCOc1cc(N2CCC[C@H](O)C2)cc([N+](=O)[O-])c1. The summed E-state index contributed by atoms with van der Waals surface area (Å²) in [6.45, 7) is 3.60. The number of aliphatic hydroxyl groups excluding tert-OH is 1. The molecule has 2 rings (SSSR count). The highest BCUT2D eigenvalue weighted by Gasteiger charge is 2.20. The zero-order valence-electron chi connectivity index (χ0n) is 10.9. The van der Waals surface area contributed by atoms with Crippen LogP contribution in [0.4, 0.5) is 11.4 Å². The van der Waals surface area contributed by atoms with Gasteiger partial charge in [0.25, 0.3) is 5.69 Å². The van der Waals surface area contributed by atoms with E-state index in [1.165, 1.54) is 12.1 Å². The predicted octanol–water partition coefficient (Wildman–Crippen LogP) is 1.95. The molecule has 1 atom stereocenters. The molecule has 1 heterocycles. The quantitative estimate of drug-likeness (QED) is 0.666. The summed E-state index contributed by atoms with van der Waals surface area (Å²) in [7, 11) is 0. The van der Waals surface area contributed by atoms with Crippen molar-refractivity contribution in [3.8, 4) is 5.75 Å². The van der Waals surface area contributed by atoms with Crippen molar-refractivity contribution >= 4 is 11.4 Å². The number of rotatable bonds is 4. The van der Waals surface area contributed by atoms with Crippen molar-refractivity contribution in [1.29, 1.82) is 0 Å². The fourth-order valence-corrected chi connectivity index (χ4v) is 2.30. The summed E-state index contributed by atoms with van der Waals surface area (Å²) in [5.41, 5.74) is 0.748. The highest BCUT2D eigenvalue weighted by atomic mass is 16.6. The standard InChI is InChI=1S/C13H18N2O4/c1-2-19-13-7-10(6-11(8-13)15(17)18)14-5-3-4-12(16)9-14/h6-8,12,16H,2-5,9H2,1H3/t12-/m0/s1. The molecule has 1 fully saturated rings. The topological polar surface area (TPSA) is 75.8 Å². The van der Waals surface area contributed by atoms with Gasteiger partial charge in [-0.3, -0.25) is 10.1 Å². The molecule has 0 spiro atoms. The molecule has 0 aliphatic carbocycles. The maximum absolute atomic E-state index is 10.9. The maximum atomic E-state index is 10.9. The fourth-order valence-electron chi connectivity index (χ4n) is 2.30. The second kappa shape index (κ2) is 5.88. The second-order valence-corrected chi connectivity index (χ2v) is 4.62. The van der Waals surface area contributed by atoms with Crippen LogP contribution in [0.3, 0.4) is 0 Å². The molecule has 104 valence electrons. The zero-order valence-corrected chi connectivity index (χ0v) is 10.9. The van der Waals surface area contributed by atoms with Gasteiger partial charge < -0.3 is 14.7 Å². The first-order chi connectivity index (χ1) is 9.10. The number of piperidine rings is 1. The molecule has 0 aromatic heterocycles. The van der Waals surface area contributed by atoms with E-state index in [-0.39, 0.29) is 11.8 Å². The Balaban J connectivity index is 2.29. The minimum Gasteiger partial charge on any atom is -0.494 e. The fraction of sp³-hybridized carbons (Fsp3) is 0.538. The number of nitro benzene ring substituents is 1. The highest BCUT2D eigenvalue weighted by Crippen LogP contribution is 2.30. The largest absolute Gasteiger partial charge is 0.494 e. The first-order valence-electron chi connectivity index (χ1n) is 6.45. The van der Waals surface area contributed by atoms with Crippen molar-refractivity contribution in [3.63, 3.8) is 0 Å². The lowest BCUT2D eigenvalue weighted by atomic mass is 10.1. The highest BCUT2D eigenvalue weighted by molar-refractivity contribution is 5.58. The molecule has 6 nitrogen and oxygen atoms in total. The Kier molecular flexibility index (Phi) is 4.21. The van der Waals surface area contributed by atoms with Gasteiger partial charge in [0.1, 0.15) is 5.75 Å². The van der Waals surface area contributed by atoms with Crippen LogP contribution in [0.2, 0.25) is 0 Å². The smallest absolute Gasteiger partial charge is 0.275 e. The maximum Gasteiger partial charge on any atom is 0.275 e. The molecule has 0 amide bonds. The molecular weight excluding hydrogens is 248 g/mol. The summed E-state index contributed by atoms with van der Waals surface area (Å²) in [5, 5.41) is 20.6. The van der Waals surface area contributed by atoms with Crippen molar-refractivity contribution in [2.75, 3.05) is 24.6 Å². The van der Waals surface area contributed by atoms with E-state index in [9.17, 15) is 15.2 Å². The van der Waals surface area contributed by atoms with E-state index in [0.29, 0.717) is 18.9 Å². The molecule has 1 saturated heterocycles. The summed E-state index contributed by atoms with van der Waals surface area (Å²) >= 11 is 0. The van der Waals surface area contributed by atoms with Crippen LogP contribution < -0.4 is 9.64 Å². The van der Waals surface area contributed by atoms with Crippen molar-refractivity contribution in [1.82, 2.24) is 0 Å². The number of nitro groups is 1. The lowest BCUT2D eigenvalue weighted by Crippen LogP contribution is -2.38. The number of ether oxygens (including phenoxy) is 1. The first kappa shape index (κ1) is 13.6. The lowest BCUT2D eigenvalue weighted by Gasteiger charge is -2.32. The number of benzene rings is 1. The minimum atomic E-state index is -0.424. The van der Waals surface area contributed by atoms with Crippen LogP contribution in [-0.4, -0.2) is 35.8 Å². The summed E-state index contributed by atoms with van der Waals surface area (Å²) in [6.07, 6.45) is 1.29. The Morgan fingerprint density at radius 2 is 2.32 bits per heavy atom. The van der Waals surface area contributed by atoms with Gasteiger partial charge in [0, 0.05) is 30.9 Å². The number of non-ortho nitro benzene ring substituents is 1. The molecule has 1 N–H and O–H groups in total. The van der Waals surface area contributed by atoms with E-state index >= 15 is 0 Å². The minimum absolute atomic E-state index is 0.0148. The van der Waals surface area contributed by atoms with Gasteiger partial charge in [0.15, 0.2) is 0 Å². The van der Waals surface area contributed by atoms with E-state index in [4.69, 9.17) is 4.74 Å². The molecule has 1 aromatic carbocycles. The van der Waals surface area contributed by atoms with Gasteiger partial charge in [-0.25, -0.2) is 0 Å². The van der Waals surface area contributed by atoms with Gasteiger partial charge in [0.05, 0.1) is 23.7 Å².